The van der Waals surface area contributed by atoms with Crippen molar-refractivity contribution in [2.24, 2.45) is 5.41 Å². The van der Waals surface area contributed by atoms with Gasteiger partial charge in [-0.1, -0.05) is 38.5 Å². The number of hydrogen-bond acceptors (Lipinski definition) is 1. The Hall–Kier alpha value is -1.31. The number of aryl methyl sites for hydroxylation is 1. The number of hydrogen-bond donors (Lipinski definition) is 0. The van der Waals surface area contributed by atoms with Crippen molar-refractivity contribution in [3.8, 4) is 0 Å². The normalized spacial score (nSPS) is 15.1. The van der Waals surface area contributed by atoms with Crippen LogP contribution in [0.5, 0.6) is 0 Å². The molecule has 0 saturated carbocycles. The third-order valence-corrected chi connectivity index (χ3v) is 3.02. The first-order chi connectivity index (χ1) is 7.39. The number of benzene rings is 1. The predicted octanol–water partition coefficient (Wildman–Crippen LogP) is 2.93. The van der Waals surface area contributed by atoms with E-state index in [1.807, 2.05) is 25.7 Å². The fraction of sp³-hybridized carbons (Fsp3) is 0.500. The molecular weight excluding hydrogens is 198 g/mol. The molecule has 1 amide bonds. The molecule has 1 aromatic carbocycles. The minimum Gasteiger partial charge on any atom is -0.311 e. The summed E-state index contributed by atoms with van der Waals surface area (Å²) in [6.07, 6.45) is 0.985. The number of amides is 1. The van der Waals surface area contributed by atoms with Gasteiger partial charge in [0.25, 0.3) is 0 Å². The Bertz CT molecular complexity index is 429. The van der Waals surface area contributed by atoms with Gasteiger partial charge in [-0.05, 0) is 25.0 Å². The molecule has 2 heteroatoms. The number of fused-ring (bicyclic) bond motifs is 1. The Balaban J connectivity index is 2.34. The van der Waals surface area contributed by atoms with E-state index in [1.165, 1.54) is 11.1 Å². The maximum absolute atomic E-state index is 12.2. The van der Waals surface area contributed by atoms with E-state index in [0.29, 0.717) is 0 Å². The molecule has 1 aliphatic heterocycles. The molecule has 2 nitrogen and oxygen atoms in total. The van der Waals surface area contributed by atoms with Gasteiger partial charge in [-0.3, -0.25) is 4.79 Å². The largest absolute Gasteiger partial charge is 0.311 e. The van der Waals surface area contributed by atoms with Crippen molar-refractivity contribution < 1.29 is 4.79 Å². The summed E-state index contributed by atoms with van der Waals surface area (Å²) in [4.78, 5) is 14.2. The molecule has 0 aliphatic carbocycles. The van der Waals surface area contributed by atoms with E-state index in [2.05, 4.69) is 25.1 Å². The Labute approximate surface area is 97.3 Å². The van der Waals surface area contributed by atoms with Gasteiger partial charge in [0.1, 0.15) is 0 Å². The molecule has 0 N–H and O–H groups in total. The summed E-state index contributed by atoms with van der Waals surface area (Å²) in [6.45, 7) is 8.84. The summed E-state index contributed by atoms with van der Waals surface area (Å²) < 4.78 is 0. The third-order valence-electron chi connectivity index (χ3n) is 3.02. The monoisotopic (exact) mass is 217 g/mol. The molecule has 1 aliphatic rings. The van der Waals surface area contributed by atoms with Crippen LogP contribution in [0.4, 0.5) is 5.69 Å². The van der Waals surface area contributed by atoms with Gasteiger partial charge in [0, 0.05) is 17.6 Å². The average Bonchev–Trinajstić information content (AvgIpc) is 2.57. The van der Waals surface area contributed by atoms with Gasteiger partial charge in [0.05, 0.1) is 0 Å². The van der Waals surface area contributed by atoms with E-state index < -0.39 is 0 Å². The van der Waals surface area contributed by atoms with Gasteiger partial charge in [-0.15, -0.1) is 0 Å². The lowest BCUT2D eigenvalue weighted by Gasteiger charge is -2.26. The fourth-order valence-corrected chi connectivity index (χ4v) is 2.15. The summed E-state index contributed by atoms with van der Waals surface area (Å²) in [7, 11) is 0. The molecule has 0 radical (unpaired) electrons. The molecule has 0 bridgehead atoms. The lowest BCUT2D eigenvalue weighted by Crippen LogP contribution is -2.38. The summed E-state index contributed by atoms with van der Waals surface area (Å²) in [5, 5.41) is 0. The van der Waals surface area contributed by atoms with E-state index in [1.54, 1.807) is 0 Å². The number of rotatable bonds is 0. The molecule has 0 spiro atoms. The van der Waals surface area contributed by atoms with Crippen LogP contribution in [0, 0.1) is 12.3 Å². The van der Waals surface area contributed by atoms with Crippen molar-refractivity contribution in [3.63, 3.8) is 0 Å². The number of nitrogens with zero attached hydrogens (tertiary/aromatic N) is 1. The van der Waals surface area contributed by atoms with Crippen LogP contribution in [0.1, 0.15) is 31.9 Å². The number of carbonyl (C=O) groups is 1. The number of carbonyl (C=O) groups excluding carboxylic acids is 1. The first-order valence-electron chi connectivity index (χ1n) is 5.81. The molecule has 16 heavy (non-hydrogen) atoms. The maximum atomic E-state index is 12.2. The zero-order valence-corrected chi connectivity index (χ0v) is 10.5. The van der Waals surface area contributed by atoms with E-state index in [4.69, 9.17) is 0 Å². The molecular formula is C14H19NO. The van der Waals surface area contributed by atoms with Crippen molar-refractivity contribution in [2.45, 2.75) is 34.1 Å². The van der Waals surface area contributed by atoms with Crippen LogP contribution in [0.2, 0.25) is 0 Å². The highest BCUT2D eigenvalue weighted by atomic mass is 16.2. The highest BCUT2D eigenvalue weighted by Gasteiger charge is 2.32. The Morgan fingerprint density at radius 2 is 2.00 bits per heavy atom. The molecule has 0 atom stereocenters. The fourth-order valence-electron chi connectivity index (χ4n) is 2.15. The highest BCUT2D eigenvalue weighted by Crippen LogP contribution is 2.32. The minimum absolute atomic E-state index is 0.218. The lowest BCUT2D eigenvalue weighted by molar-refractivity contribution is -0.125. The van der Waals surface area contributed by atoms with Crippen LogP contribution < -0.4 is 4.90 Å². The van der Waals surface area contributed by atoms with Gasteiger partial charge in [0.15, 0.2) is 0 Å². The van der Waals surface area contributed by atoms with Crippen LogP contribution in [0.3, 0.4) is 0 Å². The van der Waals surface area contributed by atoms with E-state index >= 15 is 0 Å². The van der Waals surface area contributed by atoms with Crippen molar-refractivity contribution in [1.29, 1.82) is 0 Å². The van der Waals surface area contributed by atoms with Gasteiger partial charge in [0.2, 0.25) is 5.91 Å². The molecule has 0 aromatic heterocycles. The zero-order valence-electron chi connectivity index (χ0n) is 10.5. The second-order valence-corrected chi connectivity index (χ2v) is 5.59. The van der Waals surface area contributed by atoms with Crippen molar-refractivity contribution in [1.82, 2.24) is 0 Å². The summed E-state index contributed by atoms with van der Waals surface area (Å²) in [6, 6.07) is 6.33. The topological polar surface area (TPSA) is 20.3 Å². The SMILES string of the molecule is Cc1ccc2c(c1)CCN2C(=O)C(C)(C)C. The van der Waals surface area contributed by atoms with Crippen LogP contribution in [-0.2, 0) is 11.2 Å². The molecule has 0 saturated heterocycles. The van der Waals surface area contributed by atoms with E-state index in [9.17, 15) is 4.79 Å². The maximum Gasteiger partial charge on any atom is 0.232 e. The van der Waals surface area contributed by atoms with Crippen molar-refractivity contribution in [3.05, 3.63) is 29.3 Å². The van der Waals surface area contributed by atoms with Crippen LogP contribution >= 0.6 is 0 Å². The second-order valence-electron chi connectivity index (χ2n) is 5.59. The van der Waals surface area contributed by atoms with E-state index in [0.717, 1.165) is 18.7 Å². The molecule has 1 aromatic rings. The lowest BCUT2D eigenvalue weighted by atomic mass is 9.94. The van der Waals surface area contributed by atoms with Gasteiger partial charge >= 0.3 is 0 Å². The summed E-state index contributed by atoms with van der Waals surface area (Å²) >= 11 is 0. The molecule has 0 unspecified atom stereocenters. The summed E-state index contributed by atoms with van der Waals surface area (Å²) in [5.41, 5.74) is 3.37. The van der Waals surface area contributed by atoms with E-state index in [-0.39, 0.29) is 11.3 Å². The van der Waals surface area contributed by atoms with Gasteiger partial charge in [-0.25, -0.2) is 0 Å². The average molecular weight is 217 g/mol. The third kappa shape index (κ3) is 1.84. The second kappa shape index (κ2) is 3.62. The van der Waals surface area contributed by atoms with Gasteiger partial charge in [-0.2, -0.15) is 0 Å². The predicted molar refractivity (Wildman–Crippen MR) is 66.7 cm³/mol. The molecule has 0 fully saturated rings. The Morgan fingerprint density at radius 1 is 1.31 bits per heavy atom. The van der Waals surface area contributed by atoms with Crippen molar-refractivity contribution in [2.75, 3.05) is 11.4 Å². The Morgan fingerprint density at radius 3 is 2.62 bits per heavy atom. The summed E-state index contributed by atoms with van der Waals surface area (Å²) in [5.74, 6) is 0.218. The zero-order chi connectivity index (χ0) is 11.9. The smallest absolute Gasteiger partial charge is 0.232 e. The van der Waals surface area contributed by atoms with Gasteiger partial charge < -0.3 is 4.90 Å². The minimum atomic E-state index is -0.299. The molecule has 2 rings (SSSR count). The Kier molecular flexibility index (Phi) is 2.53. The molecule has 86 valence electrons. The first-order valence-corrected chi connectivity index (χ1v) is 5.81. The quantitative estimate of drug-likeness (QED) is 0.654. The van der Waals surface area contributed by atoms with Crippen molar-refractivity contribution >= 4 is 11.6 Å². The van der Waals surface area contributed by atoms with Crippen LogP contribution in [0.15, 0.2) is 18.2 Å². The number of anilines is 1. The highest BCUT2D eigenvalue weighted by molar-refractivity contribution is 5.98. The van der Waals surface area contributed by atoms with Crippen LogP contribution in [0.25, 0.3) is 0 Å². The van der Waals surface area contributed by atoms with Crippen LogP contribution in [-0.4, -0.2) is 12.5 Å². The molecule has 1 heterocycles. The first kappa shape index (κ1) is 11.2. The standard InChI is InChI=1S/C14H19NO/c1-10-5-6-12-11(9-10)7-8-15(12)13(16)14(2,3)4/h5-6,9H,7-8H2,1-4H3.